The van der Waals surface area contributed by atoms with Gasteiger partial charge in [0, 0.05) is 6.42 Å². The summed E-state index contributed by atoms with van der Waals surface area (Å²) in [4.78, 5) is 12.1. The van der Waals surface area contributed by atoms with E-state index < -0.39 is 33.1 Å². The van der Waals surface area contributed by atoms with E-state index in [-0.39, 0.29) is 11.6 Å². The first-order valence-corrected chi connectivity index (χ1v) is 10.8. The summed E-state index contributed by atoms with van der Waals surface area (Å²) in [5, 5.41) is 1.67. The van der Waals surface area contributed by atoms with Crippen LogP contribution in [-0.4, -0.2) is 26.9 Å². The standard InChI is InChI=1S/C21H25F3O2Si/c1-20(2,3)27(18-10-6-4-7-11-18,19-12-8-5-9-13-19)26-16-17(25)14-15-21(22,23)24/h4-13H,14-16H2,1-3H3. The molecule has 0 bridgehead atoms. The second kappa shape index (κ2) is 8.40. The fourth-order valence-electron chi connectivity index (χ4n) is 3.30. The van der Waals surface area contributed by atoms with Gasteiger partial charge in [0.25, 0.3) is 8.32 Å². The molecule has 6 heteroatoms. The number of alkyl halides is 3. The summed E-state index contributed by atoms with van der Waals surface area (Å²) in [5.41, 5.74) is 0. The molecule has 0 N–H and O–H groups in total. The van der Waals surface area contributed by atoms with Crippen molar-refractivity contribution in [1.82, 2.24) is 0 Å². The Morgan fingerprint density at radius 3 is 1.70 bits per heavy atom. The number of halogens is 3. The minimum absolute atomic E-state index is 0.316. The lowest BCUT2D eigenvalue weighted by molar-refractivity contribution is -0.144. The van der Waals surface area contributed by atoms with E-state index in [1.807, 2.05) is 60.7 Å². The summed E-state index contributed by atoms with van der Waals surface area (Å²) in [7, 11) is -2.89. The van der Waals surface area contributed by atoms with Crippen molar-refractivity contribution in [3.63, 3.8) is 0 Å². The Morgan fingerprint density at radius 1 is 0.889 bits per heavy atom. The number of hydrogen-bond donors (Lipinski definition) is 0. The third-order valence-electron chi connectivity index (χ3n) is 4.55. The normalized spacial score (nSPS) is 12.8. The molecule has 2 aromatic carbocycles. The zero-order chi connectivity index (χ0) is 20.1. The number of ketones is 1. The van der Waals surface area contributed by atoms with Crippen LogP contribution in [0.4, 0.5) is 13.2 Å². The van der Waals surface area contributed by atoms with Gasteiger partial charge in [-0.2, -0.15) is 13.2 Å². The van der Waals surface area contributed by atoms with Crippen molar-refractivity contribution >= 4 is 24.5 Å². The van der Waals surface area contributed by atoms with Crippen molar-refractivity contribution in [3.8, 4) is 0 Å². The topological polar surface area (TPSA) is 26.3 Å². The predicted octanol–water partition coefficient (Wildman–Crippen LogP) is 4.47. The van der Waals surface area contributed by atoms with E-state index in [4.69, 9.17) is 4.43 Å². The lowest BCUT2D eigenvalue weighted by Gasteiger charge is -2.42. The highest BCUT2D eigenvalue weighted by Gasteiger charge is 2.50. The Hall–Kier alpha value is -1.92. The van der Waals surface area contributed by atoms with Crippen LogP contribution in [0.25, 0.3) is 0 Å². The van der Waals surface area contributed by atoms with E-state index in [0.29, 0.717) is 0 Å². The Kier molecular flexibility index (Phi) is 6.65. The highest BCUT2D eigenvalue weighted by molar-refractivity contribution is 6.99. The van der Waals surface area contributed by atoms with E-state index in [9.17, 15) is 18.0 Å². The van der Waals surface area contributed by atoms with Gasteiger partial charge in [-0.15, -0.1) is 0 Å². The van der Waals surface area contributed by atoms with Gasteiger partial charge in [-0.1, -0.05) is 81.4 Å². The molecule has 2 aromatic rings. The van der Waals surface area contributed by atoms with Crippen LogP contribution in [0.2, 0.25) is 5.04 Å². The van der Waals surface area contributed by atoms with Crippen molar-refractivity contribution in [3.05, 3.63) is 60.7 Å². The van der Waals surface area contributed by atoms with Crippen LogP contribution in [-0.2, 0) is 9.22 Å². The Bertz CT molecular complexity index is 698. The molecule has 0 radical (unpaired) electrons. The summed E-state index contributed by atoms with van der Waals surface area (Å²) in [5.74, 6) is -0.527. The smallest absolute Gasteiger partial charge is 0.389 e. The average molecular weight is 395 g/mol. The highest BCUT2D eigenvalue weighted by Crippen LogP contribution is 2.36. The average Bonchev–Trinajstić information content (AvgIpc) is 2.60. The summed E-state index contributed by atoms with van der Waals surface area (Å²) in [6.07, 6.45) is -6.01. The van der Waals surface area contributed by atoms with E-state index >= 15 is 0 Å². The number of carbonyl (C=O) groups excluding carboxylic acids is 1. The Morgan fingerprint density at radius 2 is 1.33 bits per heavy atom. The van der Waals surface area contributed by atoms with Crippen molar-refractivity contribution < 1.29 is 22.4 Å². The maximum Gasteiger partial charge on any atom is 0.389 e. The maximum atomic E-state index is 12.4. The number of hydrogen-bond acceptors (Lipinski definition) is 2. The summed E-state index contributed by atoms with van der Waals surface area (Å²) >= 11 is 0. The van der Waals surface area contributed by atoms with Gasteiger partial charge in [0.1, 0.15) is 0 Å². The molecule has 0 saturated carbocycles. The highest BCUT2D eigenvalue weighted by atomic mass is 28.4. The van der Waals surface area contributed by atoms with Crippen molar-refractivity contribution in [2.45, 2.75) is 44.8 Å². The van der Waals surface area contributed by atoms with Crippen LogP contribution in [0, 0.1) is 0 Å². The van der Waals surface area contributed by atoms with Gasteiger partial charge in [-0.05, 0) is 15.4 Å². The first-order valence-electron chi connectivity index (χ1n) is 8.90. The van der Waals surface area contributed by atoms with E-state index in [1.165, 1.54) is 0 Å². The third-order valence-corrected chi connectivity index (χ3v) is 9.54. The molecular weight excluding hydrogens is 369 g/mol. The molecule has 0 atom stereocenters. The maximum absolute atomic E-state index is 12.4. The van der Waals surface area contributed by atoms with Crippen LogP contribution in [0.5, 0.6) is 0 Å². The molecule has 0 aliphatic rings. The zero-order valence-electron chi connectivity index (χ0n) is 15.8. The molecule has 0 unspecified atom stereocenters. The fourth-order valence-corrected chi connectivity index (χ4v) is 7.84. The number of Topliss-reactive ketones (excluding diaryl/α,β-unsaturated/α-hetero) is 1. The molecule has 146 valence electrons. The lowest BCUT2D eigenvalue weighted by atomic mass is 10.2. The second-order valence-electron chi connectivity index (χ2n) is 7.61. The van der Waals surface area contributed by atoms with Gasteiger partial charge in [0.15, 0.2) is 5.78 Å². The van der Waals surface area contributed by atoms with Crippen LogP contribution in [0.3, 0.4) is 0 Å². The van der Waals surface area contributed by atoms with Crippen molar-refractivity contribution in [2.24, 2.45) is 0 Å². The van der Waals surface area contributed by atoms with Gasteiger partial charge in [-0.3, -0.25) is 4.79 Å². The molecule has 27 heavy (non-hydrogen) atoms. The third kappa shape index (κ3) is 5.29. The minimum atomic E-state index is -4.34. The molecule has 0 aliphatic carbocycles. The van der Waals surface area contributed by atoms with E-state index in [1.54, 1.807) is 0 Å². The second-order valence-corrected chi connectivity index (χ2v) is 11.9. The zero-order valence-corrected chi connectivity index (χ0v) is 16.8. The van der Waals surface area contributed by atoms with Gasteiger partial charge < -0.3 is 4.43 Å². The number of rotatable bonds is 7. The van der Waals surface area contributed by atoms with E-state index in [0.717, 1.165) is 10.4 Å². The summed E-state index contributed by atoms with van der Waals surface area (Å²) < 4.78 is 43.6. The molecule has 0 amide bonds. The van der Waals surface area contributed by atoms with Crippen LogP contribution < -0.4 is 10.4 Å². The lowest BCUT2D eigenvalue weighted by Crippen LogP contribution is -2.67. The first kappa shape index (κ1) is 21.4. The van der Waals surface area contributed by atoms with Crippen molar-refractivity contribution in [2.75, 3.05) is 6.61 Å². The SMILES string of the molecule is CC(C)(C)[Si](OCC(=O)CCC(F)(F)F)(c1ccccc1)c1ccccc1. The summed E-state index contributed by atoms with van der Waals surface area (Å²) in [6, 6.07) is 19.4. The molecule has 0 heterocycles. The van der Waals surface area contributed by atoms with Crippen LogP contribution in [0.15, 0.2) is 60.7 Å². The largest absolute Gasteiger partial charge is 0.400 e. The summed E-state index contributed by atoms with van der Waals surface area (Å²) in [6.45, 7) is 5.85. The Labute approximate surface area is 159 Å². The number of carbonyl (C=O) groups is 1. The molecule has 2 rings (SSSR count). The fraction of sp³-hybridized carbons (Fsp3) is 0.381. The van der Waals surface area contributed by atoms with Gasteiger partial charge in [-0.25, -0.2) is 0 Å². The molecule has 2 nitrogen and oxygen atoms in total. The molecule has 0 aliphatic heterocycles. The van der Waals surface area contributed by atoms with Crippen LogP contribution >= 0.6 is 0 Å². The predicted molar refractivity (Wildman–Crippen MR) is 104 cm³/mol. The first-order chi connectivity index (χ1) is 12.6. The molecule has 0 saturated heterocycles. The van der Waals surface area contributed by atoms with Crippen molar-refractivity contribution in [1.29, 1.82) is 0 Å². The van der Waals surface area contributed by atoms with E-state index in [2.05, 4.69) is 20.8 Å². The van der Waals surface area contributed by atoms with Gasteiger partial charge in [0.05, 0.1) is 13.0 Å². The van der Waals surface area contributed by atoms with Gasteiger partial charge >= 0.3 is 6.18 Å². The molecule has 0 aromatic heterocycles. The Balaban J connectivity index is 2.40. The van der Waals surface area contributed by atoms with Crippen LogP contribution in [0.1, 0.15) is 33.6 Å². The number of benzene rings is 2. The monoisotopic (exact) mass is 394 g/mol. The quantitative estimate of drug-likeness (QED) is 0.648. The molecule has 0 fully saturated rings. The minimum Gasteiger partial charge on any atom is -0.400 e. The molecule has 0 spiro atoms. The van der Waals surface area contributed by atoms with Gasteiger partial charge in [0.2, 0.25) is 0 Å². The molecular formula is C21H25F3O2Si.